The lowest BCUT2D eigenvalue weighted by atomic mass is 10.3. The van der Waals surface area contributed by atoms with Crippen molar-refractivity contribution >= 4 is 49.9 Å². The molecule has 0 spiro atoms. The SMILES string of the molecule is CC(=O)Nc1nc(C(=O)O[C@@H](C)c2nc3ccccc3s2)cs1. The van der Waals surface area contributed by atoms with E-state index in [9.17, 15) is 9.59 Å². The first-order valence-electron chi connectivity index (χ1n) is 6.82. The Morgan fingerprint density at radius 1 is 1.26 bits per heavy atom. The van der Waals surface area contributed by atoms with Crippen LogP contribution < -0.4 is 5.32 Å². The second-order valence-electron chi connectivity index (χ2n) is 4.79. The minimum atomic E-state index is -0.537. The summed E-state index contributed by atoms with van der Waals surface area (Å²) in [6, 6.07) is 7.76. The molecule has 0 saturated carbocycles. The number of nitrogens with one attached hydrogen (secondary N) is 1. The standard InChI is InChI=1S/C15H13N3O3S2/c1-8(13-17-10-5-3-4-6-12(10)23-13)21-14(20)11-7-22-15(18-11)16-9(2)19/h3-8H,1-2H3,(H,16,18,19)/t8-/m0/s1. The van der Waals surface area contributed by atoms with E-state index in [-0.39, 0.29) is 11.6 Å². The number of anilines is 1. The fourth-order valence-corrected chi connectivity index (χ4v) is 3.58. The van der Waals surface area contributed by atoms with Crippen LogP contribution in [0.1, 0.15) is 35.4 Å². The van der Waals surface area contributed by atoms with Crippen LogP contribution in [0, 0.1) is 0 Å². The number of carbonyl (C=O) groups is 2. The van der Waals surface area contributed by atoms with Gasteiger partial charge in [-0.3, -0.25) is 4.79 Å². The Balaban J connectivity index is 1.71. The topological polar surface area (TPSA) is 81.2 Å². The van der Waals surface area contributed by atoms with Crippen LogP contribution in [0.5, 0.6) is 0 Å². The summed E-state index contributed by atoms with van der Waals surface area (Å²) < 4.78 is 6.46. The Morgan fingerprint density at radius 3 is 2.78 bits per heavy atom. The van der Waals surface area contributed by atoms with Gasteiger partial charge in [0.2, 0.25) is 5.91 Å². The number of fused-ring (bicyclic) bond motifs is 1. The predicted octanol–water partition coefficient (Wildman–Crippen LogP) is 3.63. The minimum Gasteiger partial charge on any atom is -0.451 e. The molecule has 2 heterocycles. The maximum atomic E-state index is 12.1. The van der Waals surface area contributed by atoms with Crippen LogP contribution in [-0.2, 0) is 9.53 Å². The highest BCUT2D eigenvalue weighted by Gasteiger charge is 2.19. The van der Waals surface area contributed by atoms with Gasteiger partial charge >= 0.3 is 5.97 Å². The monoisotopic (exact) mass is 347 g/mol. The van der Waals surface area contributed by atoms with Crippen molar-refractivity contribution in [2.75, 3.05) is 5.32 Å². The van der Waals surface area contributed by atoms with Gasteiger partial charge in [-0.1, -0.05) is 12.1 Å². The van der Waals surface area contributed by atoms with Gasteiger partial charge in [0.15, 0.2) is 16.9 Å². The lowest BCUT2D eigenvalue weighted by Gasteiger charge is -2.08. The Bertz CT molecular complexity index is 839. The number of para-hydroxylation sites is 1. The van der Waals surface area contributed by atoms with Gasteiger partial charge in [-0.2, -0.15) is 0 Å². The number of rotatable bonds is 4. The summed E-state index contributed by atoms with van der Waals surface area (Å²) >= 11 is 2.67. The molecule has 0 fully saturated rings. The van der Waals surface area contributed by atoms with E-state index in [0.717, 1.165) is 15.2 Å². The van der Waals surface area contributed by atoms with Gasteiger partial charge in [0.05, 0.1) is 10.2 Å². The first-order chi connectivity index (χ1) is 11.0. The van der Waals surface area contributed by atoms with Crippen LogP contribution in [-0.4, -0.2) is 21.8 Å². The molecule has 23 heavy (non-hydrogen) atoms. The van der Waals surface area contributed by atoms with E-state index in [4.69, 9.17) is 4.74 Å². The Kier molecular flexibility index (Phi) is 4.35. The van der Waals surface area contributed by atoms with Crippen molar-refractivity contribution in [3.8, 4) is 0 Å². The van der Waals surface area contributed by atoms with E-state index in [1.54, 1.807) is 12.3 Å². The molecule has 1 aromatic carbocycles. The zero-order chi connectivity index (χ0) is 16.4. The van der Waals surface area contributed by atoms with Crippen LogP contribution in [0.3, 0.4) is 0 Å². The molecule has 1 atom stereocenters. The van der Waals surface area contributed by atoms with Crippen LogP contribution in [0.25, 0.3) is 10.2 Å². The summed E-state index contributed by atoms with van der Waals surface area (Å²) in [5.41, 5.74) is 1.06. The maximum Gasteiger partial charge on any atom is 0.358 e. The maximum absolute atomic E-state index is 12.1. The Labute approximate surface area is 140 Å². The molecule has 0 saturated heterocycles. The summed E-state index contributed by atoms with van der Waals surface area (Å²) in [6.07, 6.45) is -0.467. The highest BCUT2D eigenvalue weighted by Crippen LogP contribution is 2.28. The van der Waals surface area contributed by atoms with E-state index >= 15 is 0 Å². The molecule has 2 aromatic heterocycles. The molecular formula is C15H13N3O3S2. The molecule has 0 aliphatic carbocycles. The van der Waals surface area contributed by atoms with E-state index in [0.29, 0.717) is 5.13 Å². The van der Waals surface area contributed by atoms with Gasteiger partial charge in [0, 0.05) is 12.3 Å². The third kappa shape index (κ3) is 3.54. The van der Waals surface area contributed by atoms with Crippen LogP contribution >= 0.6 is 22.7 Å². The fourth-order valence-electron chi connectivity index (χ4n) is 1.91. The van der Waals surface area contributed by atoms with Crippen molar-refractivity contribution in [3.05, 3.63) is 40.3 Å². The van der Waals surface area contributed by atoms with Gasteiger partial charge in [-0.25, -0.2) is 14.8 Å². The van der Waals surface area contributed by atoms with Crippen LogP contribution in [0.15, 0.2) is 29.6 Å². The van der Waals surface area contributed by atoms with Gasteiger partial charge in [-0.15, -0.1) is 22.7 Å². The average Bonchev–Trinajstić information content (AvgIpc) is 3.12. The normalized spacial score (nSPS) is 12.1. The third-order valence-electron chi connectivity index (χ3n) is 2.94. The second kappa shape index (κ2) is 6.43. The van der Waals surface area contributed by atoms with Gasteiger partial charge in [-0.05, 0) is 19.1 Å². The molecule has 118 valence electrons. The summed E-state index contributed by atoms with van der Waals surface area (Å²) in [5.74, 6) is -0.772. The van der Waals surface area contributed by atoms with Crippen molar-refractivity contribution in [1.29, 1.82) is 0 Å². The predicted molar refractivity (Wildman–Crippen MR) is 89.9 cm³/mol. The molecule has 8 heteroatoms. The Hall–Kier alpha value is -2.32. The van der Waals surface area contributed by atoms with E-state index in [2.05, 4.69) is 15.3 Å². The molecule has 0 radical (unpaired) electrons. The number of esters is 1. The van der Waals surface area contributed by atoms with E-state index in [1.165, 1.54) is 29.6 Å². The molecule has 0 aliphatic heterocycles. The van der Waals surface area contributed by atoms with E-state index in [1.807, 2.05) is 24.3 Å². The van der Waals surface area contributed by atoms with Crippen LogP contribution in [0.2, 0.25) is 0 Å². The summed E-state index contributed by atoms with van der Waals surface area (Å²) in [5, 5.41) is 5.19. The lowest BCUT2D eigenvalue weighted by Crippen LogP contribution is -2.10. The number of benzene rings is 1. The van der Waals surface area contributed by atoms with Gasteiger partial charge in [0.25, 0.3) is 0 Å². The first kappa shape index (κ1) is 15.6. The van der Waals surface area contributed by atoms with Crippen molar-refractivity contribution in [2.45, 2.75) is 20.0 Å². The quantitative estimate of drug-likeness (QED) is 0.729. The summed E-state index contributed by atoms with van der Waals surface area (Å²) in [4.78, 5) is 31.6. The number of thiazole rings is 2. The molecule has 3 aromatic rings. The molecule has 0 unspecified atom stereocenters. The first-order valence-corrected chi connectivity index (χ1v) is 8.52. The molecule has 1 N–H and O–H groups in total. The zero-order valence-corrected chi connectivity index (χ0v) is 14.0. The third-order valence-corrected chi connectivity index (χ3v) is 4.89. The molecular weight excluding hydrogens is 334 g/mol. The number of nitrogens with zero attached hydrogens (tertiary/aromatic N) is 2. The number of hydrogen-bond acceptors (Lipinski definition) is 7. The van der Waals surface area contributed by atoms with Crippen molar-refractivity contribution in [2.24, 2.45) is 0 Å². The number of aromatic nitrogens is 2. The number of carbonyl (C=O) groups excluding carboxylic acids is 2. The van der Waals surface area contributed by atoms with Crippen LogP contribution in [0.4, 0.5) is 5.13 Å². The molecule has 0 aliphatic rings. The summed E-state index contributed by atoms with van der Waals surface area (Å²) in [6.45, 7) is 3.16. The minimum absolute atomic E-state index is 0.173. The average molecular weight is 347 g/mol. The highest BCUT2D eigenvalue weighted by molar-refractivity contribution is 7.18. The lowest BCUT2D eigenvalue weighted by molar-refractivity contribution is -0.114. The highest BCUT2D eigenvalue weighted by atomic mass is 32.1. The van der Waals surface area contributed by atoms with Gasteiger partial charge in [0.1, 0.15) is 5.01 Å². The molecule has 6 nitrogen and oxygen atoms in total. The number of amides is 1. The van der Waals surface area contributed by atoms with E-state index < -0.39 is 12.1 Å². The fraction of sp³-hybridized carbons (Fsp3) is 0.200. The van der Waals surface area contributed by atoms with Crippen molar-refractivity contribution < 1.29 is 14.3 Å². The zero-order valence-electron chi connectivity index (χ0n) is 12.4. The smallest absolute Gasteiger partial charge is 0.358 e. The largest absolute Gasteiger partial charge is 0.451 e. The number of hydrogen-bond donors (Lipinski definition) is 1. The van der Waals surface area contributed by atoms with Crippen molar-refractivity contribution in [1.82, 2.24) is 9.97 Å². The number of ether oxygens (including phenoxy) is 1. The molecule has 0 bridgehead atoms. The molecule has 1 amide bonds. The van der Waals surface area contributed by atoms with Crippen molar-refractivity contribution in [3.63, 3.8) is 0 Å². The van der Waals surface area contributed by atoms with Gasteiger partial charge < -0.3 is 10.1 Å². The molecule has 3 rings (SSSR count). The second-order valence-corrected chi connectivity index (χ2v) is 6.71. The summed E-state index contributed by atoms with van der Waals surface area (Å²) in [7, 11) is 0. The Morgan fingerprint density at radius 2 is 2.04 bits per heavy atom.